The van der Waals surface area contributed by atoms with Crippen LogP contribution >= 0.6 is 18.8 Å². The van der Waals surface area contributed by atoms with E-state index in [-0.39, 0.29) is 0 Å². The number of rotatable bonds is 0. The molecule has 11 heavy (non-hydrogen) atoms. The molecule has 2 unspecified atom stereocenters. The standard InChI is InChI=1S/2C3H6N.2ClH.Pt/c2*1-3-2-4-3;;;/h2*3H,2H2,1H3;2*1H;/q2*-1;;;+4/p-2. The maximum atomic E-state index is 4.88. The first-order valence-corrected chi connectivity index (χ1v) is 8.99. The Morgan fingerprint density at radius 1 is 1.09 bits per heavy atom. The zero-order valence-electron chi connectivity index (χ0n) is 6.54. The summed E-state index contributed by atoms with van der Waals surface area (Å²) in [5, 5.41) is 7.81. The Labute approximate surface area is 84.8 Å². The third-order valence-electron chi connectivity index (χ3n) is 1.10. The number of hydrogen-bond donors (Lipinski definition) is 0. The van der Waals surface area contributed by atoms with E-state index in [9.17, 15) is 0 Å². The fourth-order valence-corrected chi connectivity index (χ4v) is 0.211. The van der Waals surface area contributed by atoms with E-state index < -0.39 is 16.5 Å². The summed E-state index contributed by atoms with van der Waals surface area (Å²) < 4.78 is 0. The zero-order chi connectivity index (χ0) is 8.69. The number of hydrogen-bond acceptors (Lipinski definition) is 0. The van der Waals surface area contributed by atoms with Gasteiger partial charge in [0.1, 0.15) is 0 Å². The van der Waals surface area contributed by atoms with Gasteiger partial charge in [-0.25, -0.2) is 0 Å². The van der Waals surface area contributed by atoms with Gasteiger partial charge in [0.25, 0.3) is 0 Å². The van der Waals surface area contributed by atoms with Crippen molar-refractivity contribution >= 4 is 18.8 Å². The fourth-order valence-electron chi connectivity index (χ4n) is 0.211. The third-order valence-corrected chi connectivity index (χ3v) is 1.10. The minimum absolute atomic E-state index is 0.472. The second-order valence-corrected chi connectivity index (χ2v) is 5.76. The van der Waals surface area contributed by atoms with Gasteiger partial charge in [0.2, 0.25) is 0 Å². The quantitative estimate of drug-likeness (QED) is 0.580. The number of halogens is 2. The van der Waals surface area contributed by atoms with Gasteiger partial charge in [-0.1, -0.05) is 13.8 Å². The van der Waals surface area contributed by atoms with Gasteiger partial charge in [0, 0.05) is 0 Å². The Morgan fingerprint density at radius 2 is 1.18 bits per heavy atom. The van der Waals surface area contributed by atoms with Crippen LogP contribution in [0.4, 0.5) is 0 Å². The van der Waals surface area contributed by atoms with E-state index >= 15 is 0 Å². The molecular weight excluding hydrogens is 366 g/mol. The summed E-state index contributed by atoms with van der Waals surface area (Å²) in [5.41, 5.74) is 0. The predicted octanol–water partition coefficient (Wildman–Crippen LogP) is 2.90. The third kappa shape index (κ3) is 18.3. The van der Waals surface area contributed by atoms with E-state index in [4.69, 9.17) is 18.8 Å². The Balaban J connectivity index is 0.000000139. The van der Waals surface area contributed by atoms with Gasteiger partial charge in [-0.05, 0) is 0 Å². The first kappa shape index (κ1) is 12.2. The molecule has 0 bridgehead atoms. The Hall–Kier alpha value is 1.19. The molecule has 0 amide bonds. The molecular formula is C6H12Cl2N2Pt. The Bertz CT molecular complexity index is 76.7. The van der Waals surface area contributed by atoms with Crippen molar-refractivity contribution in [2.75, 3.05) is 13.1 Å². The summed E-state index contributed by atoms with van der Waals surface area (Å²) >= 11 is -0.472. The van der Waals surface area contributed by atoms with Crippen molar-refractivity contribution in [3.8, 4) is 0 Å². The summed E-state index contributed by atoms with van der Waals surface area (Å²) in [6.07, 6.45) is 0. The van der Waals surface area contributed by atoms with E-state index in [2.05, 4.69) is 24.5 Å². The van der Waals surface area contributed by atoms with E-state index in [0.29, 0.717) is 12.1 Å². The van der Waals surface area contributed by atoms with Crippen molar-refractivity contribution in [1.82, 2.24) is 0 Å². The SMILES string of the molecule is CC1C[N-]1.CC1C[N-]1.[Cl][Pt+2][Cl]. The summed E-state index contributed by atoms with van der Waals surface area (Å²) in [4.78, 5) is 0. The Morgan fingerprint density at radius 3 is 1.18 bits per heavy atom. The van der Waals surface area contributed by atoms with Gasteiger partial charge in [-0.3, -0.25) is 0 Å². The molecule has 0 radical (unpaired) electrons. The van der Waals surface area contributed by atoms with Crippen LogP contribution in [-0.4, -0.2) is 25.2 Å². The summed E-state index contributed by atoms with van der Waals surface area (Å²) in [6.45, 7) is 6.44. The van der Waals surface area contributed by atoms with Crippen LogP contribution in [0, 0.1) is 0 Å². The summed E-state index contributed by atoms with van der Waals surface area (Å²) in [6, 6.07) is 1.42. The van der Waals surface area contributed by atoms with Gasteiger partial charge < -0.3 is 10.6 Å². The molecule has 2 heterocycles. The van der Waals surface area contributed by atoms with Crippen LogP contribution in [0.1, 0.15) is 13.8 Å². The molecule has 0 spiro atoms. The molecule has 2 saturated heterocycles. The average Bonchev–Trinajstić information content (AvgIpc) is 2.76. The van der Waals surface area contributed by atoms with Crippen molar-refractivity contribution < 1.29 is 16.5 Å². The van der Waals surface area contributed by atoms with E-state index in [1.165, 1.54) is 0 Å². The van der Waals surface area contributed by atoms with Gasteiger partial charge in [0.15, 0.2) is 0 Å². The molecule has 0 aromatic heterocycles. The van der Waals surface area contributed by atoms with Gasteiger partial charge >= 0.3 is 35.3 Å². The second-order valence-electron chi connectivity index (χ2n) is 2.47. The van der Waals surface area contributed by atoms with Crippen LogP contribution in [0.3, 0.4) is 0 Å². The molecule has 2 atom stereocenters. The van der Waals surface area contributed by atoms with Crippen molar-refractivity contribution in [3.05, 3.63) is 10.6 Å². The molecule has 2 nitrogen and oxygen atoms in total. The Kier molecular flexibility index (Phi) is 8.66. The molecule has 0 N–H and O–H groups in total. The van der Waals surface area contributed by atoms with Crippen molar-refractivity contribution in [3.63, 3.8) is 0 Å². The van der Waals surface area contributed by atoms with E-state index in [1.807, 2.05) is 0 Å². The molecule has 0 saturated carbocycles. The number of nitrogens with zero attached hydrogens (tertiary/aromatic N) is 2. The van der Waals surface area contributed by atoms with Crippen molar-refractivity contribution in [2.24, 2.45) is 0 Å². The fraction of sp³-hybridized carbons (Fsp3) is 1.00. The van der Waals surface area contributed by atoms with Crippen molar-refractivity contribution in [2.45, 2.75) is 25.9 Å². The molecule has 2 rings (SSSR count). The molecule has 0 aliphatic carbocycles. The van der Waals surface area contributed by atoms with Gasteiger partial charge in [-0.15, -0.1) is 0 Å². The van der Waals surface area contributed by atoms with Crippen LogP contribution in [-0.2, 0) is 16.5 Å². The first-order chi connectivity index (χ1) is 5.20. The molecule has 2 aliphatic rings. The maximum absolute atomic E-state index is 4.88. The predicted molar refractivity (Wildman–Crippen MR) is 47.1 cm³/mol. The topological polar surface area (TPSA) is 28.2 Å². The summed E-state index contributed by atoms with van der Waals surface area (Å²) in [5.74, 6) is 0. The molecule has 0 aromatic carbocycles. The van der Waals surface area contributed by atoms with Crippen molar-refractivity contribution in [1.29, 1.82) is 0 Å². The molecule has 2 aliphatic heterocycles. The monoisotopic (exact) mass is 377 g/mol. The van der Waals surface area contributed by atoms with Gasteiger partial charge in [-0.2, -0.15) is 25.2 Å². The molecule has 70 valence electrons. The minimum atomic E-state index is -0.472. The molecule has 2 fully saturated rings. The molecule has 5 heteroatoms. The summed E-state index contributed by atoms with van der Waals surface area (Å²) in [7, 11) is 9.75. The normalized spacial score (nSPS) is 30.9. The van der Waals surface area contributed by atoms with Crippen LogP contribution in [0.25, 0.3) is 10.6 Å². The second kappa shape index (κ2) is 7.82. The first-order valence-electron chi connectivity index (χ1n) is 3.36. The van der Waals surface area contributed by atoms with Crippen LogP contribution in [0.5, 0.6) is 0 Å². The van der Waals surface area contributed by atoms with E-state index in [1.54, 1.807) is 0 Å². The average molecular weight is 378 g/mol. The van der Waals surface area contributed by atoms with Crippen LogP contribution in [0.2, 0.25) is 0 Å². The molecule has 0 aromatic rings. The van der Waals surface area contributed by atoms with Crippen LogP contribution in [0.15, 0.2) is 0 Å². The van der Waals surface area contributed by atoms with E-state index in [0.717, 1.165) is 13.1 Å². The zero-order valence-corrected chi connectivity index (χ0v) is 10.3. The van der Waals surface area contributed by atoms with Crippen LogP contribution < -0.4 is 0 Å². The van der Waals surface area contributed by atoms with Gasteiger partial charge in [0.05, 0.1) is 0 Å².